The number of rotatable bonds is 5. The molecule has 0 fully saturated rings. The molecule has 2 aromatic rings. The average Bonchev–Trinajstić information content (AvgIpc) is 3.08. The summed E-state index contributed by atoms with van der Waals surface area (Å²) in [6.07, 6.45) is 7.34. The summed E-state index contributed by atoms with van der Waals surface area (Å²) in [7, 11) is 0. The minimum Gasteiger partial charge on any atom is -0.465 e. The first kappa shape index (κ1) is 13.2. The molecule has 3 heteroatoms. The van der Waals surface area contributed by atoms with E-state index in [1.165, 1.54) is 5.56 Å². The Morgan fingerprint density at radius 2 is 2.15 bits per heavy atom. The van der Waals surface area contributed by atoms with Crippen molar-refractivity contribution < 1.29 is 9.52 Å². The van der Waals surface area contributed by atoms with Crippen LogP contribution in [0.25, 0.3) is 6.08 Å². The van der Waals surface area contributed by atoms with Gasteiger partial charge in [-0.3, -0.25) is 0 Å². The third kappa shape index (κ3) is 2.69. The van der Waals surface area contributed by atoms with Crippen LogP contribution in [0.3, 0.4) is 0 Å². The van der Waals surface area contributed by atoms with Crippen LogP contribution in [0.4, 0.5) is 0 Å². The van der Waals surface area contributed by atoms with E-state index in [1.54, 1.807) is 6.26 Å². The van der Waals surface area contributed by atoms with E-state index in [0.29, 0.717) is 13.1 Å². The molecule has 104 valence electrons. The molecule has 1 unspecified atom stereocenters. The van der Waals surface area contributed by atoms with E-state index in [-0.39, 0.29) is 0 Å². The second-order valence-corrected chi connectivity index (χ2v) is 5.24. The van der Waals surface area contributed by atoms with Gasteiger partial charge in [0.1, 0.15) is 11.4 Å². The van der Waals surface area contributed by atoms with Gasteiger partial charge in [-0.25, -0.2) is 0 Å². The van der Waals surface area contributed by atoms with E-state index < -0.39 is 5.60 Å². The number of hydrogen-bond acceptors (Lipinski definition) is 3. The first-order valence-corrected chi connectivity index (χ1v) is 6.99. The zero-order chi connectivity index (χ0) is 13.8. The van der Waals surface area contributed by atoms with E-state index in [2.05, 4.69) is 11.4 Å². The van der Waals surface area contributed by atoms with Crippen molar-refractivity contribution in [3.05, 3.63) is 65.6 Å². The molecule has 0 bridgehead atoms. The average molecular weight is 269 g/mol. The molecule has 3 rings (SSSR count). The van der Waals surface area contributed by atoms with Crippen LogP contribution in [0.5, 0.6) is 0 Å². The normalized spacial score (nSPS) is 21.4. The Kier molecular flexibility index (Phi) is 3.72. The molecule has 3 nitrogen and oxygen atoms in total. The Morgan fingerprint density at radius 3 is 3.00 bits per heavy atom. The molecule has 1 aromatic carbocycles. The van der Waals surface area contributed by atoms with Crippen molar-refractivity contribution in [3.8, 4) is 0 Å². The van der Waals surface area contributed by atoms with Crippen LogP contribution in [-0.4, -0.2) is 18.2 Å². The van der Waals surface area contributed by atoms with Crippen molar-refractivity contribution in [1.29, 1.82) is 0 Å². The molecule has 2 N–H and O–H groups in total. The van der Waals surface area contributed by atoms with E-state index in [1.807, 2.05) is 42.5 Å². The number of furan rings is 1. The van der Waals surface area contributed by atoms with Crippen LogP contribution < -0.4 is 5.32 Å². The summed E-state index contributed by atoms with van der Waals surface area (Å²) in [4.78, 5) is 0. The fourth-order valence-electron chi connectivity index (χ4n) is 2.78. The molecule has 0 saturated heterocycles. The van der Waals surface area contributed by atoms with Crippen LogP contribution in [0.2, 0.25) is 0 Å². The largest absolute Gasteiger partial charge is 0.465 e. The third-order valence-corrected chi connectivity index (χ3v) is 3.83. The maximum atomic E-state index is 10.7. The molecule has 20 heavy (non-hydrogen) atoms. The zero-order valence-corrected chi connectivity index (χ0v) is 11.4. The van der Waals surface area contributed by atoms with Gasteiger partial charge in [0.25, 0.3) is 0 Å². The SMILES string of the molecule is OC1(CNC/C=C/c2ccco2)CCc2ccccc21. The van der Waals surface area contributed by atoms with Gasteiger partial charge in [-0.2, -0.15) is 0 Å². The van der Waals surface area contributed by atoms with Gasteiger partial charge in [0.05, 0.1) is 6.26 Å². The Balaban J connectivity index is 1.54. The van der Waals surface area contributed by atoms with Crippen LogP contribution in [0, 0.1) is 0 Å². The maximum Gasteiger partial charge on any atom is 0.126 e. The van der Waals surface area contributed by atoms with Gasteiger partial charge in [0, 0.05) is 13.1 Å². The quantitative estimate of drug-likeness (QED) is 0.820. The molecule has 0 aliphatic heterocycles. The van der Waals surface area contributed by atoms with Crippen molar-refractivity contribution in [2.24, 2.45) is 0 Å². The summed E-state index contributed by atoms with van der Waals surface area (Å²) < 4.78 is 5.22. The van der Waals surface area contributed by atoms with Crippen LogP contribution >= 0.6 is 0 Å². The zero-order valence-electron chi connectivity index (χ0n) is 11.4. The second-order valence-electron chi connectivity index (χ2n) is 5.24. The highest BCUT2D eigenvalue weighted by Gasteiger charge is 2.35. The lowest BCUT2D eigenvalue weighted by Crippen LogP contribution is -2.36. The molecular weight excluding hydrogens is 250 g/mol. The van der Waals surface area contributed by atoms with Gasteiger partial charge in [0.15, 0.2) is 0 Å². The molecule has 1 atom stereocenters. The van der Waals surface area contributed by atoms with E-state index in [4.69, 9.17) is 4.42 Å². The molecule has 0 spiro atoms. The molecule has 1 heterocycles. The number of aryl methyl sites for hydroxylation is 1. The number of aliphatic hydroxyl groups is 1. The highest BCUT2D eigenvalue weighted by molar-refractivity contribution is 5.42. The van der Waals surface area contributed by atoms with Gasteiger partial charge in [-0.1, -0.05) is 30.3 Å². The van der Waals surface area contributed by atoms with E-state index in [9.17, 15) is 5.11 Å². The Morgan fingerprint density at radius 1 is 1.25 bits per heavy atom. The molecular formula is C17H19NO2. The summed E-state index contributed by atoms with van der Waals surface area (Å²) in [6.45, 7) is 1.29. The Hall–Kier alpha value is -1.84. The van der Waals surface area contributed by atoms with E-state index >= 15 is 0 Å². The molecule has 1 aliphatic rings. The fraction of sp³-hybridized carbons (Fsp3) is 0.294. The standard InChI is InChI=1S/C17H19NO2/c19-17(10-9-14-5-1-2-8-16(14)17)13-18-11-3-6-15-7-4-12-20-15/h1-8,12,18-19H,9-11,13H2/b6-3+. The summed E-state index contributed by atoms with van der Waals surface area (Å²) in [6, 6.07) is 11.9. The summed E-state index contributed by atoms with van der Waals surface area (Å²) in [5.74, 6) is 0.844. The molecule has 1 aromatic heterocycles. The molecule has 0 radical (unpaired) electrons. The maximum absolute atomic E-state index is 10.7. The lowest BCUT2D eigenvalue weighted by Gasteiger charge is -2.24. The monoisotopic (exact) mass is 269 g/mol. The van der Waals surface area contributed by atoms with Crippen LogP contribution in [-0.2, 0) is 12.0 Å². The van der Waals surface area contributed by atoms with Gasteiger partial charge >= 0.3 is 0 Å². The van der Waals surface area contributed by atoms with Gasteiger partial charge in [-0.15, -0.1) is 0 Å². The first-order chi connectivity index (χ1) is 9.78. The smallest absolute Gasteiger partial charge is 0.126 e. The van der Waals surface area contributed by atoms with Crippen LogP contribution in [0.15, 0.2) is 53.2 Å². The second kappa shape index (κ2) is 5.65. The minimum atomic E-state index is -0.727. The van der Waals surface area contributed by atoms with E-state index in [0.717, 1.165) is 24.2 Å². The first-order valence-electron chi connectivity index (χ1n) is 6.99. The summed E-state index contributed by atoms with van der Waals surface area (Å²) in [5, 5.41) is 14.0. The topological polar surface area (TPSA) is 45.4 Å². The lowest BCUT2D eigenvalue weighted by molar-refractivity contribution is 0.0398. The molecule has 0 saturated carbocycles. The number of nitrogens with one attached hydrogen (secondary N) is 1. The Bertz CT molecular complexity index is 589. The van der Waals surface area contributed by atoms with Crippen molar-refractivity contribution in [2.75, 3.05) is 13.1 Å². The van der Waals surface area contributed by atoms with Gasteiger partial charge in [-0.05, 0) is 42.2 Å². The minimum absolute atomic E-state index is 0.576. The highest BCUT2D eigenvalue weighted by atomic mass is 16.3. The van der Waals surface area contributed by atoms with Crippen molar-refractivity contribution in [3.63, 3.8) is 0 Å². The van der Waals surface area contributed by atoms with Crippen molar-refractivity contribution in [2.45, 2.75) is 18.4 Å². The predicted molar refractivity (Wildman–Crippen MR) is 79.3 cm³/mol. The molecule has 1 aliphatic carbocycles. The predicted octanol–water partition coefficient (Wildman–Crippen LogP) is 2.72. The molecule has 0 amide bonds. The van der Waals surface area contributed by atoms with Gasteiger partial charge < -0.3 is 14.8 Å². The fourth-order valence-corrected chi connectivity index (χ4v) is 2.78. The van der Waals surface area contributed by atoms with Crippen molar-refractivity contribution in [1.82, 2.24) is 5.32 Å². The summed E-state index contributed by atoms with van der Waals surface area (Å²) in [5.41, 5.74) is 1.61. The lowest BCUT2D eigenvalue weighted by atomic mass is 9.96. The number of benzene rings is 1. The third-order valence-electron chi connectivity index (χ3n) is 3.83. The van der Waals surface area contributed by atoms with Crippen LogP contribution in [0.1, 0.15) is 23.3 Å². The Labute approximate surface area is 118 Å². The number of hydrogen-bond donors (Lipinski definition) is 2. The number of fused-ring (bicyclic) bond motifs is 1. The highest BCUT2D eigenvalue weighted by Crippen LogP contribution is 2.35. The van der Waals surface area contributed by atoms with Gasteiger partial charge in [0.2, 0.25) is 0 Å². The van der Waals surface area contributed by atoms with Crippen molar-refractivity contribution >= 4 is 6.08 Å². The summed E-state index contributed by atoms with van der Waals surface area (Å²) >= 11 is 0.